The highest BCUT2D eigenvalue weighted by molar-refractivity contribution is 5.83. The van der Waals surface area contributed by atoms with Crippen LogP contribution in [0.3, 0.4) is 0 Å². The van der Waals surface area contributed by atoms with Crippen LogP contribution in [-0.4, -0.2) is 75.0 Å². The molecule has 0 N–H and O–H groups in total. The van der Waals surface area contributed by atoms with E-state index in [4.69, 9.17) is 9.72 Å². The maximum Gasteiger partial charge on any atom is 0.406 e. The molecule has 5 rings (SSSR count). The average Bonchev–Trinajstić information content (AvgIpc) is 3.22. The van der Waals surface area contributed by atoms with Gasteiger partial charge in [0.1, 0.15) is 18.2 Å². The minimum atomic E-state index is -4.40. The number of likely N-dealkylation sites (tertiary alicyclic amines) is 1. The van der Waals surface area contributed by atoms with Crippen LogP contribution < -0.4 is 4.90 Å². The van der Waals surface area contributed by atoms with Gasteiger partial charge in [-0.25, -0.2) is 19.3 Å². The standard InChI is InChI=1S/C22H25F4N7O/c23-16-4-1-5-27-17(16)12-31-6-2-3-15(11-31)19-29-20(32-7-9-34-10-8-32)18-21(30-19)33(14-28-18)13-22(24,25)26/h1,4-5,14-15H,2-3,6-13H2. The van der Waals surface area contributed by atoms with Crippen LogP contribution in [0.25, 0.3) is 11.2 Å². The summed E-state index contributed by atoms with van der Waals surface area (Å²) in [6.07, 6.45) is -0.0188. The van der Waals surface area contributed by atoms with Crippen molar-refractivity contribution in [1.29, 1.82) is 0 Å². The van der Waals surface area contributed by atoms with Crippen LogP contribution in [0.1, 0.15) is 30.3 Å². The lowest BCUT2D eigenvalue weighted by atomic mass is 9.97. The number of nitrogens with zero attached hydrogens (tertiary/aromatic N) is 7. The topological polar surface area (TPSA) is 72.2 Å². The zero-order chi connectivity index (χ0) is 23.7. The van der Waals surface area contributed by atoms with Gasteiger partial charge in [-0.1, -0.05) is 0 Å². The lowest BCUT2D eigenvalue weighted by Crippen LogP contribution is -2.38. The van der Waals surface area contributed by atoms with Gasteiger partial charge in [0, 0.05) is 38.3 Å². The summed E-state index contributed by atoms with van der Waals surface area (Å²) in [6.45, 7) is 2.70. The van der Waals surface area contributed by atoms with Crippen molar-refractivity contribution in [2.24, 2.45) is 0 Å². The number of hydrogen-bond acceptors (Lipinski definition) is 7. The van der Waals surface area contributed by atoms with Crippen LogP contribution in [-0.2, 0) is 17.8 Å². The second kappa shape index (κ2) is 9.41. The van der Waals surface area contributed by atoms with E-state index in [0.29, 0.717) is 62.2 Å². The Bertz CT molecular complexity index is 1150. The van der Waals surface area contributed by atoms with Crippen molar-refractivity contribution in [3.05, 3.63) is 42.0 Å². The van der Waals surface area contributed by atoms with Gasteiger partial charge in [0.15, 0.2) is 17.0 Å². The Morgan fingerprint density at radius 1 is 1.09 bits per heavy atom. The third kappa shape index (κ3) is 4.97. The maximum absolute atomic E-state index is 14.1. The monoisotopic (exact) mass is 479 g/mol. The molecule has 3 aromatic heterocycles. The molecule has 2 saturated heterocycles. The third-order valence-corrected chi connectivity index (χ3v) is 6.20. The van der Waals surface area contributed by atoms with E-state index in [1.807, 2.05) is 4.90 Å². The molecular formula is C22H25F4N7O. The Morgan fingerprint density at radius 3 is 2.68 bits per heavy atom. The van der Waals surface area contributed by atoms with Crippen molar-refractivity contribution in [3.63, 3.8) is 0 Å². The van der Waals surface area contributed by atoms with Crippen LogP contribution in [0, 0.1) is 5.82 Å². The summed E-state index contributed by atoms with van der Waals surface area (Å²) in [5.74, 6) is 0.577. The van der Waals surface area contributed by atoms with Crippen molar-refractivity contribution < 1.29 is 22.3 Å². The molecular weight excluding hydrogens is 454 g/mol. The Balaban J connectivity index is 1.47. The number of aromatic nitrogens is 5. The highest BCUT2D eigenvalue weighted by Gasteiger charge is 2.32. The smallest absolute Gasteiger partial charge is 0.378 e. The van der Waals surface area contributed by atoms with Crippen molar-refractivity contribution in [2.45, 2.75) is 38.0 Å². The van der Waals surface area contributed by atoms with Gasteiger partial charge in [0.25, 0.3) is 0 Å². The fourth-order valence-electron chi connectivity index (χ4n) is 4.59. The van der Waals surface area contributed by atoms with Gasteiger partial charge >= 0.3 is 6.18 Å². The van der Waals surface area contributed by atoms with Crippen LogP contribution in [0.2, 0.25) is 0 Å². The van der Waals surface area contributed by atoms with E-state index in [0.717, 1.165) is 24.0 Å². The number of alkyl halides is 3. The molecule has 8 nitrogen and oxygen atoms in total. The number of anilines is 1. The summed E-state index contributed by atoms with van der Waals surface area (Å²) in [6, 6.07) is 2.94. The molecule has 2 aliphatic heterocycles. The number of halogens is 4. The Hall–Kier alpha value is -2.86. The number of hydrogen-bond donors (Lipinski definition) is 0. The first-order valence-corrected chi connectivity index (χ1v) is 11.3. The Morgan fingerprint density at radius 2 is 1.91 bits per heavy atom. The average molecular weight is 479 g/mol. The van der Waals surface area contributed by atoms with E-state index < -0.39 is 12.7 Å². The molecule has 12 heteroatoms. The van der Waals surface area contributed by atoms with Crippen LogP contribution >= 0.6 is 0 Å². The molecule has 0 radical (unpaired) electrons. The van der Waals surface area contributed by atoms with Crippen LogP contribution in [0.15, 0.2) is 24.7 Å². The van der Waals surface area contributed by atoms with E-state index in [2.05, 4.69) is 19.9 Å². The normalized spacial score (nSPS) is 20.2. The Labute approximate surface area is 193 Å². The number of pyridine rings is 1. The second-order valence-corrected chi connectivity index (χ2v) is 8.67. The zero-order valence-corrected chi connectivity index (χ0v) is 18.5. The van der Waals surface area contributed by atoms with E-state index in [1.54, 1.807) is 12.3 Å². The molecule has 34 heavy (non-hydrogen) atoms. The Kier molecular flexibility index (Phi) is 6.34. The lowest BCUT2D eigenvalue weighted by molar-refractivity contribution is -0.140. The first kappa shape index (κ1) is 22.9. The van der Waals surface area contributed by atoms with E-state index in [-0.39, 0.29) is 17.4 Å². The highest BCUT2D eigenvalue weighted by atomic mass is 19.4. The second-order valence-electron chi connectivity index (χ2n) is 8.67. The molecule has 0 spiro atoms. The fraction of sp³-hybridized carbons (Fsp3) is 0.545. The van der Waals surface area contributed by atoms with Crippen molar-refractivity contribution in [1.82, 2.24) is 29.4 Å². The predicted octanol–water partition coefficient (Wildman–Crippen LogP) is 3.14. The first-order valence-electron chi connectivity index (χ1n) is 11.3. The molecule has 3 aromatic rings. The third-order valence-electron chi connectivity index (χ3n) is 6.20. The first-order chi connectivity index (χ1) is 16.4. The van der Waals surface area contributed by atoms with E-state index in [9.17, 15) is 17.6 Å². The zero-order valence-electron chi connectivity index (χ0n) is 18.5. The molecule has 2 fully saturated rings. The van der Waals surface area contributed by atoms with Crippen molar-refractivity contribution in [2.75, 3.05) is 44.3 Å². The summed E-state index contributed by atoms with van der Waals surface area (Å²) in [5, 5.41) is 0. The summed E-state index contributed by atoms with van der Waals surface area (Å²) in [7, 11) is 0. The molecule has 1 atom stereocenters. The SMILES string of the molecule is Fc1cccnc1CN1CCCC(c2nc(N3CCOCC3)c3ncn(CC(F)(F)F)c3n2)C1. The van der Waals surface area contributed by atoms with Crippen LogP contribution in [0.5, 0.6) is 0 Å². The molecule has 0 amide bonds. The van der Waals surface area contributed by atoms with Gasteiger partial charge < -0.3 is 14.2 Å². The minimum Gasteiger partial charge on any atom is -0.378 e. The molecule has 0 aliphatic carbocycles. The number of fused-ring (bicyclic) bond motifs is 1. The highest BCUT2D eigenvalue weighted by Crippen LogP contribution is 2.31. The van der Waals surface area contributed by atoms with Gasteiger partial charge in [0.05, 0.1) is 25.2 Å². The largest absolute Gasteiger partial charge is 0.406 e. The molecule has 5 heterocycles. The number of imidazole rings is 1. The lowest BCUT2D eigenvalue weighted by Gasteiger charge is -2.33. The summed E-state index contributed by atoms with van der Waals surface area (Å²) in [5.41, 5.74) is 0.909. The number of piperidine rings is 1. The molecule has 182 valence electrons. The van der Waals surface area contributed by atoms with E-state index in [1.165, 1.54) is 12.4 Å². The molecule has 0 aromatic carbocycles. The molecule has 0 bridgehead atoms. The maximum atomic E-state index is 14.1. The summed E-state index contributed by atoms with van der Waals surface area (Å²) >= 11 is 0. The quantitative estimate of drug-likeness (QED) is 0.521. The summed E-state index contributed by atoms with van der Waals surface area (Å²) in [4.78, 5) is 21.8. The molecule has 2 aliphatic rings. The van der Waals surface area contributed by atoms with Crippen molar-refractivity contribution in [3.8, 4) is 0 Å². The van der Waals surface area contributed by atoms with Gasteiger partial charge in [-0.05, 0) is 31.5 Å². The number of ether oxygens (including phenoxy) is 1. The number of rotatable bonds is 5. The fourth-order valence-corrected chi connectivity index (χ4v) is 4.59. The van der Waals surface area contributed by atoms with Gasteiger partial charge in [-0.15, -0.1) is 0 Å². The van der Waals surface area contributed by atoms with Gasteiger partial charge in [0.2, 0.25) is 0 Å². The van der Waals surface area contributed by atoms with Gasteiger partial charge in [-0.3, -0.25) is 9.88 Å². The minimum absolute atomic E-state index is 0.0982. The molecule has 0 saturated carbocycles. The number of morpholine rings is 1. The van der Waals surface area contributed by atoms with Crippen LogP contribution in [0.4, 0.5) is 23.4 Å². The van der Waals surface area contributed by atoms with Gasteiger partial charge in [-0.2, -0.15) is 13.2 Å². The molecule has 1 unspecified atom stereocenters. The van der Waals surface area contributed by atoms with Crippen molar-refractivity contribution >= 4 is 17.0 Å². The summed E-state index contributed by atoms with van der Waals surface area (Å²) < 4.78 is 60.1. The predicted molar refractivity (Wildman–Crippen MR) is 116 cm³/mol. The van der Waals surface area contributed by atoms with E-state index >= 15 is 0 Å².